The molecule has 8 heavy (non-hydrogen) atoms. The molecule has 1 rings (SSSR count). The zero-order valence-electron chi connectivity index (χ0n) is 4.59. The third-order valence-corrected chi connectivity index (χ3v) is 0.945. The van der Waals surface area contributed by atoms with E-state index in [-0.39, 0.29) is 0 Å². The van der Waals surface area contributed by atoms with Gasteiger partial charge in [0.25, 0.3) is 0 Å². The molecular formula is C5H9NO2. The molecule has 3 nitrogen and oxygen atoms in total. The summed E-state index contributed by atoms with van der Waals surface area (Å²) in [6.45, 7) is 1.83. The van der Waals surface area contributed by atoms with Crippen LogP contribution in [-0.2, 0) is 9.47 Å². The highest BCUT2D eigenvalue weighted by atomic mass is 16.6. The molecule has 1 aliphatic heterocycles. The molecule has 0 unspecified atom stereocenters. The molecule has 1 heterocycles. The third-order valence-electron chi connectivity index (χ3n) is 0.945. The van der Waals surface area contributed by atoms with Gasteiger partial charge in [-0.15, -0.1) is 0 Å². The fraction of sp³-hybridized carbons (Fsp3) is 0.600. The average Bonchev–Trinajstić information content (AvgIpc) is 1.90. The van der Waals surface area contributed by atoms with Gasteiger partial charge in [-0.05, 0) is 0 Å². The fourth-order valence-corrected chi connectivity index (χ4v) is 0.542. The lowest BCUT2D eigenvalue weighted by atomic mass is 10.5. The molecule has 3 heteroatoms. The molecule has 1 saturated heterocycles. The SMILES string of the molecule is NC=C1COCCO1. The molecule has 0 atom stereocenters. The topological polar surface area (TPSA) is 44.5 Å². The fourth-order valence-electron chi connectivity index (χ4n) is 0.542. The van der Waals surface area contributed by atoms with Crippen molar-refractivity contribution in [1.82, 2.24) is 0 Å². The van der Waals surface area contributed by atoms with Gasteiger partial charge in [-0.25, -0.2) is 0 Å². The molecule has 0 amide bonds. The van der Waals surface area contributed by atoms with Crippen molar-refractivity contribution in [3.05, 3.63) is 12.0 Å². The summed E-state index contributed by atoms with van der Waals surface area (Å²) in [4.78, 5) is 0. The van der Waals surface area contributed by atoms with E-state index in [2.05, 4.69) is 0 Å². The van der Waals surface area contributed by atoms with Crippen LogP contribution in [0, 0.1) is 0 Å². The maximum atomic E-state index is 5.14. The Labute approximate surface area is 48.1 Å². The smallest absolute Gasteiger partial charge is 0.137 e. The number of hydrogen-bond acceptors (Lipinski definition) is 3. The van der Waals surface area contributed by atoms with Gasteiger partial charge in [0.2, 0.25) is 0 Å². The van der Waals surface area contributed by atoms with Gasteiger partial charge in [0.15, 0.2) is 0 Å². The minimum Gasteiger partial charge on any atom is -0.492 e. The van der Waals surface area contributed by atoms with Crippen LogP contribution in [0.5, 0.6) is 0 Å². The summed E-state index contributed by atoms with van der Waals surface area (Å²) in [6, 6.07) is 0. The zero-order valence-corrected chi connectivity index (χ0v) is 4.59. The van der Waals surface area contributed by atoms with Gasteiger partial charge >= 0.3 is 0 Å². The van der Waals surface area contributed by atoms with E-state index in [9.17, 15) is 0 Å². The Hall–Kier alpha value is -0.700. The molecule has 0 aromatic heterocycles. The minimum atomic E-state index is 0.524. The van der Waals surface area contributed by atoms with E-state index in [1.54, 1.807) is 0 Å². The van der Waals surface area contributed by atoms with Crippen molar-refractivity contribution in [3.63, 3.8) is 0 Å². The predicted octanol–water partition coefficient (Wildman–Crippen LogP) is -0.167. The van der Waals surface area contributed by atoms with Crippen LogP contribution in [0.3, 0.4) is 0 Å². The van der Waals surface area contributed by atoms with Crippen molar-refractivity contribution < 1.29 is 9.47 Å². The lowest BCUT2D eigenvalue weighted by molar-refractivity contribution is 0.0130. The van der Waals surface area contributed by atoms with Crippen LogP contribution in [0.4, 0.5) is 0 Å². The summed E-state index contributed by atoms with van der Waals surface area (Å²) in [5.74, 6) is 0.733. The molecule has 0 aliphatic carbocycles. The molecule has 0 saturated carbocycles. The lowest BCUT2D eigenvalue weighted by Crippen LogP contribution is -2.16. The Morgan fingerprint density at radius 2 is 2.38 bits per heavy atom. The van der Waals surface area contributed by atoms with E-state index in [4.69, 9.17) is 15.2 Å². The van der Waals surface area contributed by atoms with E-state index in [0.29, 0.717) is 19.8 Å². The van der Waals surface area contributed by atoms with Crippen LogP contribution >= 0.6 is 0 Å². The van der Waals surface area contributed by atoms with Gasteiger partial charge in [0, 0.05) is 6.20 Å². The van der Waals surface area contributed by atoms with Crippen molar-refractivity contribution in [2.75, 3.05) is 19.8 Å². The highest BCUT2D eigenvalue weighted by Gasteiger charge is 2.03. The van der Waals surface area contributed by atoms with Gasteiger partial charge in [0.1, 0.15) is 19.0 Å². The standard InChI is InChI=1S/C5H9NO2/c6-3-5-4-7-1-2-8-5/h3H,1-2,4,6H2. The average molecular weight is 115 g/mol. The van der Waals surface area contributed by atoms with Gasteiger partial charge in [-0.2, -0.15) is 0 Å². The summed E-state index contributed by atoms with van der Waals surface area (Å²) < 4.78 is 10.0. The van der Waals surface area contributed by atoms with Crippen LogP contribution in [-0.4, -0.2) is 19.8 Å². The highest BCUT2D eigenvalue weighted by Crippen LogP contribution is 2.00. The normalized spacial score (nSPS) is 25.2. The Morgan fingerprint density at radius 3 is 2.75 bits per heavy atom. The van der Waals surface area contributed by atoms with E-state index in [1.165, 1.54) is 6.20 Å². The molecule has 0 spiro atoms. The second-order valence-corrected chi connectivity index (χ2v) is 1.53. The van der Waals surface area contributed by atoms with Crippen molar-refractivity contribution >= 4 is 0 Å². The zero-order chi connectivity index (χ0) is 5.82. The van der Waals surface area contributed by atoms with Crippen molar-refractivity contribution in [1.29, 1.82) is 0 Å². The maximum absolute atomic E-state index is 5.14. The lowest BCUT2D eigenvalue weighted by Gasteiger charge is -2.15. The summed E-state index contributed by atoms with van der Waals surface area (Å²) in [5.41, 5.74) is 5.14. The van der Waals surface area contributed by atoms with Gasteiger partial charge in [-0.3, -0.25) is 0 Å². The molecule has 1 aliphatic rings. The molecule has 46 valence electrons. The molecule has 2 N–H and O–H groups in total. The Kier molecular flexibility index (Phi) is 1.75. The van der Waals surface area contributed by atoms with Gasteiger partial charge in [0.05, 0.1) is 6.61 Å². The van der Waals surface area contributed by atoms with E-state index < -0.39 is 0 Å². The van der Waals surface area contributed by atoms with Crippen LogP contribution in [0.25, 0.3) is 0 Å². The van der Waals surface area contributed by atoms with Crippen LogP contribution < -0.4 is 5.73 Å². The second kappa shape index (κ2) is 2.57. The molecule has 0 bridgehead atoms. The highest BCUT2D eigenvalue weighted by molar-refractivity contribution is 4.90. The maximum Gasteiger partial charge on any atom is 0.137 e. The van der Waals surface area contributed by atoms with Gasteiger partial charge < -0.3 is 15.2 Å². The predicted molar refractivity (Wildman–Crippen MR) is 29.0 cm³/mol. The largest absolute Gasteiger partial charge is 0.492 e. The number of ether oxygens (including phenoxy) is 2. The van der Waals surface area contributed by atoms with E-state index >= 15 is 0 Å². The van der Waals surface area contributed by atoms with Crippen molar-refractivity contribution in [3.8, 4) is 0 Å². The summed E-state index contributed by atoms with van der Waals surface area (Å²) in [6.07, 6.45) is 1.43. The Balaban J connectivity index is 2.33. The van der Waals surface area contributed by atoms with Crippen LogP contribution in [0.1, 0.15) is 0 Å². The molecule has 1 fully saturated rings. The molecular weight excluding hydrogens is 106 g/mol. The first kappa shape index (κ1) is 5.44. The summed E-state index contributed by atoms with van der Waals surface area (Å²) in [5, 5.41) is 0. The Bertz CT molecular complexity index is 92.6. The Morgan fingerprint density at radius 1 is 1.50 bits per heavy atom. The van der Waals surface area contributed by atoms with Gasteiger partial charge in [-0.1, -0.05) is 0 Å². The number of rotatable bonds is 0. The third kappa shape index (κ3) is 1.13. The van der Waals surface area contributed by atoms with Crippen LogP contribution in [0.15, 0.2) is 12.0 Å². The first-order valence-corrected chi connectivity index (χ1v) is 2.55. The van der Waals surface area contributed by atoms with Crippen LogP contribution in [0.2, 0.25) is 0 Å². The van der Waals surface area contributed by atoms with E-state index in [0.717, 1.165) is 5.76 Å². The first-order valence-electron chi connectivity index (χ1n) is 2.55. The quantitative estimate of drug-likeness (QED) is 0.477. The summed E-state index contributed by atoms with van der Waals surface area (Å²) >= 11 is 0. The minimum absolute atomic E-state index is 0.524. The molecule has 0 aromatic rings. The molecule has 0 radical (unpaired) electrons. The number of nitrogens with two attached hydrogens (primary N) is 1. The molecule has 0 aromatic carbocycles. The second-order valence-electron chi connectivity index (χ2n) is 1.53. The number of hydrogen-bond donors (Lipinski definition) is 1. The van der Waals surface area contributed by atoms with Crippen molar-refractivity contribution in [2.24, 2.45) is 5.73 Å². The van der Waals surface area contributed by atoms with E-state index in [1.807, 2.05) is 0 Å². The van der Waals surface area contributed by atoms with Crippen molar-refractivity contribution in [2.45, 2.75) is 0 Å². The summed E-state index contributed by atoms with van der Waals surface area (Å²) in [7, 11) is 0. The first-order chi connectivity index (χ1) is 3.93. The monoisotopic (exact) mass is 115 g/mol.